The van der Waals surface area contributed by atoms with Gasteiger partial charge in [0, 0.05) is 4.47 Å². The second-order valence-corrected chi connectivity index (χ2v) is 6.76. The summed E-state index contributed by atoms with van der Waals surface area (Å²) in [5.41, 5.74) is 0. The molecule has 3 N–H and O–H groups in total. The number of hydrogen-bond acceptors (Lipinski definition) is 4. The van der Waals surface area contributed by atoms with Crippen molar-refractivity contribution in [2.45, 2.75) is 10.9 Å². The van der Waals surface area contributed by atoms with Crippen molar-refractivity contribution in [1.29, 1.82) is 0 Å². The molecule has 0 heterocycles. The van der Waals surface area contributed by atoms with Gasteiger partial charge in [-0.25, -0.2) is 13.1 Å². The van der Waals surface area contributed by atoms with Gasteiger partial charge < -0.3 is 10.2 Å². The maximum absolute atomic E-state index is 12.0. The Hall–Kier alpha value is 0.110. The van der Waals surface area contributed by atoms with E-state index in [-0.39, 0.29) is 14.9 Å². The van der Waals surface area contributed by atoms with Crippen LogP contribution in [-0.4, -0.2) is 37.9 Å². The third-order valence-corrected chi connectivity index (χ3v) is 4.89. The molecule has 0 amide bonds. The Balaban J connectivity index is 3.21. The Kier molecular flexibility index (Phi) is 5.85. The van der Waals surface area contributed by atoms with Crippen molar-refractivity contribution in [3.63, 3.8) is 0 Å². The second kappa shape index (κ2) is 6.51. The van der Waals surface area contributed by atoms with Crippen LogP contribution >= 0.6 is 39.1 Å². The first-order valence-corrected chi connectivity index (χ1v) is 7.73. The molecule has 0 bridgehead atoms. The molecule has 0 radical (unpaired) electrons. The van der Waals surface area contributed by atoms with Crippen LogP contribution in [0, 0.1) is 0 Å². The molecule has 18 heavy (non-hydrogen) atoms. The lowest BCUT2D eigenvalue weighted by atomic mass is 10.4. The fraction of sp³-hybridized carbons (Fsp3) is 0.333. The first-order valence-electron chi connectivity index (χ1n) is 4.70. The summed E-state index contributed by atoms with van der Waals surface area (Å²) in [5, 5.41) is 17.6. The predicted octanol–water partition coefficient (Wildman–Crippen LogP) is 1.39. The number of hydrogen-bond donors (Lipinski definition) is 3. The first-order chi connectivity index (χ1) is 8.31. The Morgan fingerprint density at radius 3 is 2.06 bits per heavy atom. The third-order valence-electron chi connectivity index (χ3n) is 1.99. The van der Waals surface area contributed by atoms with Crippen LogP contribution in [0.1, 0.15) is 0 Å². The summed E-state index contributed by atoms with van der Waals surface area (Å²) >= 11 is 14.8. The molecule has 1 aromatic rings. The molecule has 0 fully saturated rings. The molecule has 0 saturated carbocycles. The number of sulfonamides is 1. The van der Waals surface area contributed by atoms with E-state index in [1.807, 2.05) is 0 Å². The van der Waals surface area contributed by atoms with Gasteiger partial charge in [-0.2, -0.15) is 0 Å². The van der Waals surface area contributed by atoms with E-state index < -0.39 is 29.3 Å². The van der Waals surface area contributed by atoms with Crippen molar-refractivity contribution < 1.29 is 18.6 Å². The highest BCUT2D eigenvalue weighted by Gasteiger charge is 2.25. The van der Waals surface area contributed by atoms with E-state index in [0.29, 0.717) is 4.47 Å². The zero-order valence-corrected chi connectivity index (χ0v) is 12.8. The van der Waals surface area contributed by atoms with E-state index in [4.69, 9.17) is 33.4 Å². The van der Waals surface area contributed by atoms with E-state index in [9.17, 15) is 8.42 Å². The molecule has 0 spiro atoms. The van der Waals surface area contributed by atoms with Crippen LogP contribution in [0.15, 0.2) is 21.5 Å². The summed E-state index contributed by atoms with van der Waals surface area (Å²) < 4.78 is 26.6. The maximum atomic E-state index is 12.0. The summed E-state index contributed by atoms with van der Waals surface area (Å²) in [6, 6.07) is 1.76. The topological polar surface area (TPSA) is 86.6 Å². The van der Waals surface area contributed by atoms with E-state index in [1.165, 1.54) is 12.1 Å². The van der Waals surface area contributed by atoms with Gasteiger partial charge in [0.1, 0.15) is 4.90 Å². The normalized spacial score (nSPS) is 12.1. The lowest BCUT2D eigenvalue weighted by molar-refractivity contribution is 0.185. The summed E-state index contributed by atoms with van der Waals surface area (Å²) in [5.74, 6) is 0. The van der Waals surface area contributed by atoms with Gasteiger partial charge in [0.2, 0.25) is 10.0 Å². The molecule has 9 heteroatoms. The van der Waals surface area contributed by atoms with E-state index >= 15 is 0 Å². The molecule has 5 nitrogen and oxygen atoms in total. The van der Waals surface area contributed by atoms with Gasteiger partial charge in [0.05, 0.1) is 29.3 Å². The highest BCUT2D eigenvalue weighted by molar-refractivity contribution is 9.10. The number of nitrogens with one attached hydrogen (secondary N) is 1. The minimum absolute atomic E-state index is 0.0588. The van der Waals surface area contributed by atoms with Crippen molar-refractivity contribution in [2.24, 2.45) is 0 Å². The van der Waals surface area contributed by atoms with Gasteiger partial charge in [-0.3, -0.25) is 0 Å². The molecule has 0 aliphatic rings. The average molecular weight is 379 g/mol. The van der Waals surface area contributed by atoms with Crippen LogP contribution in [0.25, 0.3) is 0 Å². The zero-order chi connectivity index (χ0) is 13.9. The van der Waals surface area contributed by atoms with Crippen molar-refractivity contribution in [3.8, 4) is 0 Å². The van der Waals surface area contributed by atoms with E-state index in [1.54, 1.807) is 0 Å². The van der Waals surface area contributed by atoms with Crippen LogP contribution in [-0.2, 0) is 10.0 Å². The highest BCUT2D eigenvalue weighted by atomic mass is 79.9. The Labute approximate surface area is 123 Å². The van der Waals surface area contributed by atoms with E-state index in [0.717, 1.165) is 0 Å². The lowest BCUT2D eigenvalue weighted by Crippen LogP contribution is -2.40. The molecule has 1 rings (SSSR count). The SMILES string of the molecule is O=S(=O)(NC(CO)CO)c1c(Cl)cc(Br)cc1Cl. The highest BCUT2D eigenvalue weighted by Crippen LogP contribution is 2.32. The summed E-state index contributed by atoms with van der Waals surface area (Å²) in [6.07, 6.45) is 0. The van der Waals surface area contributed by atoms with Crippen molar-refractivity contribution in [1.82, 2.24) is 4.72 Å². The molecule has 0 aliphatic heterocycles. The number of aliphatic hydroxyl groups excluding tert-OH is 2. The summed E-state index contributed by atoms with van der Waals surface area (Å²) in [7, 11) is -4.02. The monoisotopic (exact) mass is 377 g/mol. The Morgan fingerprint density at radius 1 is 1.22 bits per heavy atom. The van der Waals surface area contributed by atoms with Crippen LogP contribution in [0.4, 0.5) is 0 Å². The van der Waals surface area contributed by atoms with Crippen molar-refractivity contribution in [2.75, 3.05) is 13.2 Å². The number of benzene rings is 1. The standard InChI is InChI=1S/C9H10BrCl2NO4S/c10-5-1-7(11)9(8(12)2-5)18(16,17)13-6(3-14)4-15/h1-2,6,13-15H,3-4H2. The number of halogens is 3. The summed E-state index contributed by atoms with van der Waals surface area (Å²) in [4.78, 5) is -0.291. The number of rotatable bonds is 5. The molecule has 0 aromatic heterocycles. The van der Waals surface area contributed by atoms with Crippen molar-refractivity contribution >= 4 is 49.2 Å². The molecule has 1 aromatic carbocycles. The minimum Gasteiger partial charge on any atom is -0.395 e. The van der Waals surface area contributed by atoms with Crippen molar-refractivity contribution in [3.05, 3.63) is 26.7 Å². The lowest BCUT2D eigenvalue weighted by Gasteiger charge is -2.15. The quantitative estimate of drug-likeness (QED) is 0.722. The molecule has 102 valence electrons. The Bertz CT molecular complexity index is 510. The molecule has 0 unspecified atom stereocenters. The Morgan fingerprint density at radius 2 is 1.67 bits per heavy atom. The van der Waals surface area contributed by atoms with Gasteiger partial charge in [0.15, 0.2) is 0 Å². The van der Waals surface area contributed by atoms with Crippen LogP contribution < -0.4 is 4.72 Å². The predicted molar refractivity (Wildman–Crippen MR) is 72.4 cm³/mol. The molecular formula is C9H10BrCl2NO4S. The van der Waals surface area contributed by atoms with Gasteiger partial charge in [0.25, 0.3) is 0 Å². The molecule has 0 saturated heterocycles. The van der Waals surface area contributed by atoms with Gasteiger partial charge in [-0.1, -0.05) is 39.1 Å². The first kappa shape index (κ1) is 16.2. The van der Waals surface area contributed by atoms with E-state index in [2.05, 4.69) is 20.7 Å². The number of aliphatic hydroxyl groups is 2. The second-order valence-electron chi connectivity index (χ2n) is 3.38. The minimum atomic E-state index is -4.02. The average Bonchev–Trinajstić information content (AvgIpc) is 2.23. The van der Waals surface area contributed by atoms with Gasteiger partial charge in [-0.05, 0) is 12.1 Å². The van der Waals surface area contributed by atoms with Crippen LogP contribution in [0.5, 0.6) is 0 Å². The molecule has 0 atom stereocenters. The fourth-order valence-corrected chi connectivity index (χ4v) is 4.35. The third kappa shape index (κ3) is 3.80. The maximum Gasteiger partial charge on any atom is 0.243 e. The smallest absolute Gasteiger partial charge is 0.243 e. The summed E-state index contributed by atoms with van der Waals surface area (Å²) in [6.45, 7) is -1.08. The van der Waals surface area contributed by atoms with Gasteiger partial charge in [-0.15, -0.1) is 0 Å². The largest absolute Gasteiger partial charge is 0.395 e. The van der Waals surface area contributed by atoms with Crippen LogP contribution in [0.3, 0.4) is 0 Å². The molecule has 0 aliphatic carbocycles. The molecular weight excluding hydrogens is 369 g/mol. The van der Waals surface area contributed by atoms with Gasteiger partial charge >= 0.3 is 0 Å². The zero-order valence-electron chi connectivity index (χ0n) is 8.90. The van der Waals surface area contributed by atoms with Crippen LogP contribution in [0.2, 0.25) is 10.0 Å². The fourth-order valence-electron chi connectivity index (χ4n) is 1.20.